The molecule has 1 heterocycles. The van der Waals surface area contributed by atoms with Crippen LogP contribution < -0.4 is 0 Å². The number of hydrogen-bond acceptors (Lipinski definition) is 5. The molecule has 0 radical (unpaired) electrons. The van der Waals surface area contributed by atoms with Gasteiger partial charge in [-0.1, -0.05) is 0 Å². The minimum Gasteiger partial charge on any atom is -0.478 e. The highest BCUT2D eigenvalue weighted by Crippen LogP contribution is 2.22. The maximum atomic E-state index is 10.9. The van der Waals surface area contributed by atoms with Crippen LogP contribution in [0.1, 0.15) is 9.75 Å². The van der Waals surface area contributed by atoms with Gasteiger partial charge in [-0.05, 0) is 18.2 Å². The molecule has 18 heavy (non-hydrogen) atoms. The van der Waals surface area contributed by atoms with E-state index in [1.54, 1.807) is 17.8 Å². The van der Waals surface area contributed by atoms with E-state index in [0.29, 0.717) is 5.75 Å². The normalized spacial score (nSPS) is 12.1. The number of sulfone groups is 1. The molecule has 0 aromatic carbocycles. The first kappa shape index (κ1) is 15.3. The predicted molar refractivity (Wildman–Crippen MR) is 76.9 cm³/mol. The molecule has 7 heteroatoms. The van der Waals surface area contributed by atoms with Crippen molar-refractivity contribution < 1.29 is 18.3 Å². The van der Waals surface area contributed by atoms with Gasteiger partial charge in [-0.25, -0.2) is 13.2 Å². The van der Waals surface area contributed by atoms with E-state index in [0.717, 1.165) is 21.6 Å². The largest absolute Gasteiger partial charge is 0.478 e. The molecule has 1 aromatic rings. The molecule has 0 saturated carbocycles. The zero-order valence-electron chi connectivity index (χ0n) is 9.83. The molecule has 0 spiro atoms. The van der Waals surface area contributed by atoms with E-state index in [4.69, 9.17) is 5.11 Å². The van der Waals surface area contributed by atoms with Crippen LogP contribution >= 0.6 is 23.1 Å². The third kappa shape index (κ3) is 6.83. The number of carboxylic acid groups (broad SMARTS) is 1. The number of aliphatic carboxylic acids is 1. The Balaban J connectivity index is 2.38. The van der Waals surface area contributed by atoms with Gasteiger partial charge in [0.15, 0.2) is 0 Å². The zero-order valence-corrected chi connectivity index (χ0v) is 12.3. The van der Waals surface area contributed by atoms with Crippen LogP contribution in [0, 0.1) is 0 Å². The van der Waals surface area contributed by atoms with Crippen molar-refractivity contribution in [1.29, 1.82) is 0 Å². The average molecular weight is 306 g/mol. The Bertz CT molecular complexity index is 528. The lowest BCUT2D eigenvalue weighted by Gasteiger charge is -1.98. The summed E-state index contributed by atoms with van der Waals surface area (Å²) in [6, 6.07) is 3.79. The Morgan fingerprint density at radius 3 is 2.83 bits per heavy atom. The lowest BCUT2D eigenvalue weighted by atomic mass is 10.4. The minimum atomic E-state index is -2.89. The fraction of sp³-hybridized carbons (Fsp3) is 0.364. The van der Waals surface area contributed by atoms with Crippen molar-refractivity contribution in [2.75, 3.05) is 17.8 Å². The number of carbonyl (C=O) groups is 1. The fourth-order valence-corrected chi connectivity index (χ4v) is 4.42. The third-order valence-electron chi connectivity index (χ3n) is 1.92. The Morgan fingerprint density at radius 1 is 1.50 bits per heavy atom. The van der Waals surface area contributed by atoms with Crippen LogP contribution in [0.25, 0.3) is 6.08 Å². The molecule has 0 aliphatic heterocycles. The van der Waals surface area contributed by atoms with Gasteiger partial charge in [0.1, 0.15) is 9.84 Å². The summed E-state index contributed by atoms with van der Waals surface area (Å²) in [5.41, 5.74) is 0. The maximum Gasteiger partial charge on any atom is 0.328 e. The number of hydrogen-bond donors (Lipinski definition) is 1. The number of rotatable bonds is 7. The molecule has 0 atom stereocenters. The van der Waals surface area contributed by atoms with Crippen LogP contribution in [-0.2, 0) is 20.4 Å². The van der Waals surface area contributed by atoms with Crippen LogP contribution in [0.2, 0.25) is 0 Å². The molecule has 100 valence electrons. The lowest BCUT2D eigenvalue weighted by Crippen LogP contribution is -2.04. The molecule has 0 fully saturated rings. The Labute approximate surface area is 115 Å². The number of thiophene rings is 1. The highest BCUT2D eigenvalue weighted by atomic mass is 32.2. The predicted octanol–water partition coefficient (Wildman–Crippen LogP) is 2.12. The van der Waals surface area contributed by atoms with Crippen molar-refractivity contribution in [2.24, 2.45) is 0 Å². The van der Waals surface area contributed by atoms with Gasteiger partial charge in [0.05, 0.1) is 5.75 Å². The average Bonchev–Trinajstić information content (AvgIpc) is 2.68. The summed E-state index contributed by atoms with van der Waals surface area (Å²) in [5.74, 6) is 0.555. The molecule has 0 amide bonds. The quantitative estimate of drug-likeness (QED) is 0.617. The van der Waals surface area contributed by atoms with E-state index in [1.807, 2.05) is 12.1 Å². The van der Waals surface area contributed by atoms with Gasteiger partial charge in [-0.3, -0.25) is 0 Å². The molecule has 0 unspecified atom stereocenters. The van der Waals surface area contributed by atoms with Crippen molar-refractivity contribution >= 4 is 45.0 Å². The molecular formula is C11H14O4S3. The van der Waals surface area contributed by atoms with Gasteiger partial charge < -0.3 is 5.11 Å². The smallest absolute Gasteiger partial charge is 0.328 e. The first-order chi connectivity index (χ1) is 8.37. The van der Waals surface area contributed by atoms with E-state index < -0.39 is 15.8 Å². The van der Waals surface area contributed by atoms with Crippen LogP contribution in [0.3, 0.4) is 0 Å². The minimum absolute atomic E-state index is 0.189. The summed E-state index contributed by atoms with van der Waals surface area (Å²) in [5, 5.41) is 8.49. The first-order valence-corrected chi connectivity index (χ1v) is 9.15. The summed E-state index contributed by atoms with van der Waals surface area (Å²) >= 11 is 3.07. The third-order valence-corrected chi connectivity index (χ3v) is 5.36. The number of carboxylic acids is 1. The van der Waals surface area contributed by atoms with Crippen molar-refractivity contribution in [1.82, 2.24) is 0 Å². The molecule has 0 saturated heterocycles. The molecule has 0 aliphatic carbocycles. The maximum absolute atomic E-state index is 10.9. The van der Waals surface area contributed by atoms with Gasteiger partial charge in [-0.15, -0.1) is 11.3 Å². The zero-order chi connectivity index (χ0) is 13.6. The highest BCUT2D eigenvalue weighted by molar-refractivity contribution is 8.00. The number of thioether (sulfide) groups is 1. The van der Waals surface area contributed by atoms with E-state index in [1.165, 1.54) is 17.6 Å². The van der Waals surface area contributed by atoms with Gasteiger partial charge in [0.25, 0.3) is 0 Å². The summed E-state index contributed by atoms with van der Waals surface area (Å²) in [6.07, 6.45) is 3.89. The summed E-state index contributed by atoms with van der Waals surface area (Å²) in [7, 11) is -2.89. The summed E-state index contributed by atoms with van der Waals surface area (Å²) in [6.45, 7) is 0. The van der Waals surface area contributed by atoms with Crippen LogP contribution in [-0.4, -0.2) is 37.3 Å². The van der Waals surface area contributed by atoms with Gasteiger partial charge in [0, 0.05) is 33.6 Å². The van der Waals surface area contributed by atoms with Crippen LogP contribution in [0.15, 0.2) is 18.2 Å². The van der Waals surface area contributed by atoms with Crippen molar-refractivity contribution in [3.63, 3.8) is 0 Å². The second-order valence-corrected chi connectivity index (χ2v) is 8.22. The van der Waals surface area contributed by atoms with Crippen LogP contribution in [0.5, 0.6) is 0 Å². The lowest BCUT2D eigenvalue weighted by molar-refractivity contribution is -0.131. The van der Waals surface area contributed by atoms with E-state index in [9.17, 15) is 13.2 Å². The van der Waals surface area contributed by atoms with Crippen LogP contribution in [0.4, 0.5) is 0 Å². The first-order valence-electron chi connectivity index (χ1n) is 5.12. The van der Waals surface area contributed by atoms with Crippen molar-refractivity contribution in [2.45, 2.75) is 5.75 Å². The standard InChI is InChI=1S/C11H14O4S3/c1-18(14,15)7-6-16-8-10-3-2-9(17-10)4-5-11(12)13/h2-5H,6-8H2,1H3,(H,12,13). The van der Waals surface area contributed by atoms with Gasteiger partial charge >= 0.3 is 5.97 Å². The summed E-state index contributed by atoms with van der Waals surface area (Å²) < 4.78 is 21.8. The summed E-state index contributed by atoms with van der Waals surface area (Å²) in [4.78, 5) is 12.3. The second kappa shape index (κ2) is 6.96. The Morgan fingerprint density at radius 2 is 2.22 bits per heavy atom. The molecule has 0 aliphatic rings. The Kier molecular flexibility index (Phi) is 5.90. The van der Waals surface area contributed by atoms with E-state index in [2.05, 4.69) is 0 Å². The SMILES string of the molecule is CS(=O)(=O)CCSCc1ccc(C=CC(=O)O)s1. The topological polar surface area (TPSA) is 71.4 Å². The van der Waals surface area contributed by atoms with Crippen molar-refractivity contribution in [3.05, 3.63) is 28.0 Å². The molecule has 4 nitrogen and oxygen atoms in total. The molecule has 1 rings (SSSR count). The van der Waals surface area contributed by atoms with Crippen molar-refractivity contribution in [3.8, 4) is 0 Å². The second-order valence-electron chi connectivity index (χ2n) is 3.66. The molecule has 0 bridgehead atoms. The monoisotopic (exact) mass is 306 g/mol. The van der Waals surface area contributed by atoms with Gasteiger partial charge in [0.2, 0.25) is 0 Å². The Hall–Kier alpha value is -0.790. The van der Waals surface area contributed by atoms with E-state index in [-0.39, 0.29) is 5.75 Å². The molecular weight excluding hydrogens is 292 g/mol. The fourth-order valence-electron chi connectivity index (χ4n) is 1.10. The molecule has 1 N–H and O–H groups in total. The van der Waals surface area contributed by atoms with Gasteiger partial charge in [-0.2, -0.15) is 11.8 Å². The van der Waals surface area contributed by atoms with E-state index >= 15 is 0 Å². The highest BCUT2D eigenvalue weighted by Gasteiger charge is 2.03. The molecule has 1 aromatic heterocycles.